The number of unbranched alkanes of at least 4 members (excludes halogenated alkanes) is 6. The van der Waals surface area contributed by atoms with Gasteiger partial charge < -0.3 is 48.0 Å². The van der Waals surface area contributed by atoms with Gasteiger partial charge in [0.1, 0.15) is 19.8 Å². The van der Waals surface area contributed by atoms with Crippen LogP contribution in [0.4, 0.5) is 0 Å². The van der Waals surface area contributed by atoms with Gasteiger partial charge in [-0.1, -0.05) is 125 Å². The number of phosphoric ester groups is 1. The molecule has 0 radical (unpaired) electrons. The van der Waals surface area contributed by atoms with Gasteiger partial charge >= 0.3 is 11.9 Å². The predicted molar refractivity (Wildman–Crippen MR) is 253 cm³/mol. The third-order valence-electron chi connectivity index (χ3n) is 10.2. The Labute approximate surface area is 385 Å². The fraction of sp³-hybridized carbons (Fsp3) is 0.680. The van der Waals surface area contributed by atoms with Crippen molar-refractivity contribution in [2.24, 2.45) is 5.92 Å². The van der Waals surface area contributed by atoms with Gasteiger partial charge in [0.05, 0.1) is 46.1 Å². The number of ether oxygens (including phenoxy) is 3. The zero-order valence-corrected chi connectivity index (χ0v) is 40.6. The van der Waals surface area contributed by atoms with Gasteiger partial charge in [0.2, 0.25) is 0 Å². The standard InChI is InChI=1S/C50H84NO12P/c1-6-8-10-11-12-13-14-15-16-17-18-19-20-21-22-23-24-25-31-35-49(55)62-44(42-61-64(57,58)60-39-38-51(3,4)5)41-59-48(54)34-30-27-26-29-33-45-46(53)40-50(56)63-47(45)37-36-43(52)32-28-9-7-2/h8,10,12-13,15-16,18-19,21-22,26,29,36-37,43-47,50,52-53,56H,6-7,9,11,14,17,20,23-25,27-28,30-35,38-42H2,1-5H3/b10-8-,13-12-,16-15-,19-18-,22-21-,29-26-,37-36+/t43-,44+,45-,46-,47+,50?/m0/s1. The van der Waals surface area contributed by atoms with Crippen molar-refractivity contribution in [2.75, 3.05) is 47.5 Å². The quantitative estimate of drug-likeness (QED) is 0.0177. The van der Waals surface area contributed by atoms with Crippen LogP contribution >= 0.6 is 7.82 Å². The summed E-state index contributed by atoms with van der Waals surface area (Å²) in [6, 6.07) is 0. The van der Waals surface area contributed by atoms with E-state index in [-0.39, 0.29) is 38.4 Å². The van der Waals surface area contributed by atoms with E-state index >= 15 is 0 Å². The largest absolute Gasteiger partial charge is 0.756 e. The van der Waals surface area contributed by atoms with Crippen LogP contribution in [0.25, 0.3) is 0 Å². The number of likely N-dealkylation sites (N-methyl/N-ethyl adjacent to an activating group) is 1. The summed E-state index contributed by atoms with van der Waals surface area (Å²) in [5.74, 6) is -1.39. The average molecular weight is 922 g/mol. The van der Waals surface area contributed by atoms with Crippen LogP contribution in [-0.2, 0) is 37.4 Å². The number of rotatable bonds is 37. The van der Waals surface area contributed by atoms with Gasteiger partial charge in [0.15, 0.2) is 12.4 Å². The highest BCUT2D eigenvalue weighted by molar-refractivity contribution is 7.45. The van der Waals surface area contributed by atoms with E-state index in [0.29, 0.717) is 43.1 Å². The molecule has 0 aliphatic carbocycles. The number of phosphoric acid groups is 1. The van der Waals surface area contributed by atoms with E-state index in [1.165, 1.54) is 0 Å². The van der Waals surface area contributed by atoms with Gasteiger partial charge in [0, 0.05) is 25.2 Å². The van der Waals surface area contributed by atoms with Gasteiger partial charge in [-0.05, 0) is 77.0 Å². The molecule has 1 aliphatic rings. The van der Waals surface area contributed by atoms with Crippen molar-refractivity contribution in [3.8, 4) is 0 Å². The van der Waals surface area contributed by atoms with Crippen molar-refractivity contribution >= 4 is 19.8 Å². The van der Waals surface area contributed by atoms with Crippen LogP contribution in [-0.4, -0.2) is 110 Å². The Bertz CT molecular complexity index is 1480. The summed E-state index contributed by atoms with van der Waals surface area (Å²) in [5.41, 5.74) is 0. The van der Waals surface area contributed by atoms with E-state index in [9.17, 15) is 34.4 Å². The molecule has 1 aliphatic heterocycles. The average Bonchev–Trinajstić information content (AvgIpc) is 3.23. The molecule has 1 saturated heterocycles. The zero-order chi connectivity index (χ0) is 47.3. The molecule has 0 aromatic rings. The molecule has 7 atom stereocenters. The number of hydrogen-bond donors (Lipinski definition) is 3. The molecule has 64 heavy (non-hydrogen) atoms. The van der Waals surface area contributed by atoms with E-state index < -0.39 is 57.1 Å². The highest BCUT2D eigenvalue weighted by Gasteiger charge is 2.35. The first kappa shape index (κ1) is 59.0. The summed E-state index contributed by atoms with van der Waals surface area (Å²) in [4.78, 5) is 37.9. The van der Waals surface area contributed by atoms with Crippen LogP contribution in [0.3, 0.4) is 0 Å². The van der Waals surface area contributed by atoms with E-state index in [2.05, 4.69) is 74.6 Å². The highest BCUT2D eigenvalue weighted by Crippen LogP contribution is 2.38. The van der Waals surface area contributed by atoms with Crippen molar-refractivity contribution in [1.29, 1.82) is 0 Å². The van der Waals surface area contributed by atoms with Crippen molar-refractivity contribution in [2.45, 2.75) is 167 Å². The Hall–Kier alpha value is -2.97. The molecule has 0 saturated carbocycles. The Kier molecular flexibility index (Phi) is 34.3. The lowest BCUT2D eigenvalue weighted by Crippen LogP contribution is -2.43. The molecule has 0 amide bonds. The van der Waals surface area contributed by atoms with Gasteiger partial charge in [-0.15, -0.1) is 0 Å². The number of hydrogen-bond acceptors (Lipinski definition) is 12. The first-order valence-corrected chi connectivity index (χ1v) is 25.1. The summed E-state index contributed by atoms with van der Waals surface area (Å²) in [6.07, 6.45) is 38.0. The van der Waals surface area contributed by atoms with E-state index in [0.717, 1.165) is 70.6 Å². The van der Waals surface area contributed by atoms with Gasteiger partial charge in [0.25, 0.3) is 7.82 Å². The molecule has 1 fully saturated rings. The van der Waals surface area contributed by atoms with Crippen LogP contribution < -0.4 is 4.89 Å². The van der Waals surface area contributed by atoms with Gasteiger partial charge in [-0.25, -0.2) is 0 Å². The number of allylic oxidation sites excluding steroid dienone is 12. The number of esters is 2. The molecular weight excluding hydrogens is 838 g/mol. The molecule has 2 unspecified atom stereocenters. The third kappa shape index (κ3) is 34.4. The lowest BCUT2D eigenvalue weighted by Gasteiger charge is -2.36. The first-order chi connectivity index (χ1) is 30.7. The van der Waals surface area contributed by atoms with Gasteiger partial charge in [-0.3, -0.25) is 14.2 Å². The number of aliphatic hydroxyl groups excluding tert-OH is 3. The SMILES string of the molecule is CC/C=C\C/C=C\C/C=C\C/C=C\C/C=C\CCCCCC(=O)O[C@H](COC(=O)CCC/C=C\C[C@H]1[C@@H](O)CC(O)O[C@@H]1/C=C/[C@@H](O)CCCCC)COP(=O)([O-])OCC[N+](C)(C)C. The van der Waals surface area contributed by atoms with Crippen LogP contribution in [0, 0.1) is 5.92 Å². The van der Waals surface area contributed by atoms with Crippen molar-refractivity contribution in [3.63, 3.8) is 0 Å². The summed E-state index contributed by atoms with van der Waals surface area (Å²) < 4.78 is 39.5. The fourth-order valence-corrected chi connectivity index (χ4v) is 7.15. The second-order valence-corrected chi connectivity index (χ2v) is 18.7. The Morgan fingerprint density at radius 2 is 1.38 bits per heavy atom. The summed E-state index contributed by atoms with van der Waals surface area (Å²) >= 11 is 0. The number of quaternary nitrogens is 1. The molecule has 1 rings (SSSR count). The van der Waals surface area contributed by atoms with Crippen LogP contribution in [0.1, 0.15) is 136 Å². The minimum absolute atomic E-state index is 0.0700. The lowest BCUT2D eigenvalue weighted by atomic mass is 9.87. The van der Waals surface area contributed by atoms with E-state index in [4.69, 9.17) is 23.3 Å². The molecular formula is C50H84NO12P. The van der Waals surface area contributed by atoms with Crippen molar-refractivity contribution < 1.29 is 62.1 Å². The Balaban J connectivity index is 2.53. The summed E-state index contributed by atoms with van der Waals surface area (Å²) in [5, 5.41) is 31.0. The molecule has 0 bridgehead atoms. The van der Waals surface area contributed by atoms with Crippen molar-refractivity contribution in [3.05, 3.63) is 85.1 Å². The smallest absolute Gasteiger partial charge is 0.306 e. The monoisotopic (exact) mass is 922 g/mol. The lowest BCUT2D eigenvalue weighted by molar-refractivity contribution is -0.870. The summed E-state index contributed by atoms with van der Waals surface area (Å²) in [7, 11) is 0.977. The third-order valence-corrected chi connectivity index (χ3v) is 11.2. The Morgan fingerprint density at radius 3 is 2.02 bits per heavy atom. The van der Waals surface area contributed by atoms with Gasteiger partial charge in [-0.2, -0.15) is 0 Å². The topological polar surface area (TPSA) is 181 Å². The molecule has 366 valence electrons. The van der Waals surface area contributed by atoms with Crippen LogP contribution in [0.2, 0.25) is 0 Å². The molecule has 1 heterocycles. The number of nitrogens with zero attached hydrogens (tertiary/aromatic N) is 1. The number of carbonyl (C=O) groups excluding carboxylic acids is 2. The number of carbonyl (C=O) groups is 2. The second kappa shape index (κ2) is 37.2. The zero-order valence-electron chi connectivity index (χ0n) is 39.7. The van der Waals surface area contributed by atoms with E-state index in [1.807, 2.05) is 33.3 Å². The fourth-order valence-electron chi connectivity index (χ4n) is 6.42. The first-order valence-electron chi connectivity index (χ1n) is 23.7. The normalized spacial score (nSPS) is 20.8. The van der Waals surface area contributed by atoms with E-state index in [1.54, 1.807) is 12.2 Å². The maximum absolute atomic E-state index is 12.8. The predicted octanol–water partition coefficient (Wildman–Crippen LogP) is 9.05. The molecule has 0 aromatic heterocycles. The Morgan fingerprint density at radius 1 is 0.766 bits per heavy atom. The summed E-state index contributed by atoms with van der Waals surface area (Å²) in [6.45, 7) is 3.63. The molecule has 3 N–H and O–H groups in total. The maximum atomic E-state index is 12.8. The second-order valence-electron chi connectivity index (χ2n) is 17.3. The number of aliphatic hydroxyl groups is 3. The van der Waals surface area contributed by atoms with Crippen LogP contribution in [0.5, 0.6) is 0 Å². The maximum Gasteiger partial charge on any atom is 0.306 e. The van der Waals surface area contributed by atoms with Crippen LogP contribution in [0.15, 0.2) is 85.1 Å². The molecule has 14 heteroatoms. The highest BCUT2D eigenvalue weighted by atomic mass is 31.2. The molecule has 0 spiro atoms. The minimum atomic E-state index is -4.71. The minimum Gasteiger partial charge on any atom is -0.756 e. The van der Waals surface area contributed by atoms with Crippen molar-refractivity contribution in [1.82, 2.24) is 0 Å². The molecule has 0 aromatic carbocycles. The molecule has 13 nitrogen and oxygen atoms in total.